The van der Waals surface area contributed by atoms with Crippen molar-refractivity contribution in [2.75, 3.05) is 30.4 Å². The molecule has 1 atom stereocenters. The lowest BCUT2D eigenvalue weighted by Crippen LogP contribution is -2.22. The van der Waals surface area contributed by atoms with Crippen LogP contribution < -0.4 is 10.2 Å². The molecular weight excluding hydrogens is 405 g/mol. The van der Waals surface area contributed by atoms with Crippen LogP contribution in [0.5, 0.6) is 0 Å². The van der Waals surface area contributed by atoms with Crippen molar-refractivity contribution in [3.8, 4) is 0 Å². The number of carbonyl (C=O) groups excluding carboxylic acids is 1. The van der Waals surface area contributed by atoms with E-state index in [0.717, 1.165) is 31.3 Å². The highest BCUT2D eigenvalue weighted by molar-refractivity contribution is 6.31. The number of alkyl halides is 3. The molecule has 0 saturated carbocycles. The first-order valence-electron chi connectivity index (χ1n) is 9.29. The number of anilines is 2. The van der Waals surface area contributed by atoms with Crippen molar-refractivity contribution in [1.82, 2.24) is 0 Å². The molecule has 3 rings (SSSR count). The van der Waals surface area contributed by atoms with E-state index in [1.54, 1.807) is 7.11 Å². The Labute approximate surface area is 172 Å². The fourth-order valence-corrected chi connectivity index (χ4v) is 3.56. The van der Waals surface area contributed by atoms with Crippen molar-refractivity contribution in [2.45, 2.75) is 31.5 Å². The Morgan fingerprint density at radius 3 is 2.59 bits per heavy atom. The summed E-state index contributed by atoms with van der Waals surface area (Å²) in [6.45, 7) is 1.76. The number of nitrogens with zero attached hydrogens (tertiary/aromatic N) is 1. The van der Waals surface area contributed by atoms with Crippen molar-refractivity contribution in [1.29, 1.82) is 0 Å². The molecule has 1 heterocycles. The lowest BCUT2D eigenvalue weighted by Gasteiger charge is -2.18. The summed E-state index contributed by atoms with van der Waals surface area (Å²) in [5, 5.41) is 2.43. The monoisotopic (exact) mass is 426 g/mol. The average molecular weight is 427 g/mol. The third-order valence-corrected chi connectivity index (χ3v) is 5.30. The van der Waals surface area contributed by atoms with Gasteiger partial charge in [-0.2, -0.15) is 13.2 Å². The van der Waals surface area contributed by atoms with Gasteiger partial charge in [-0.05, 0) is 54.8 Å². The van der Waals surface area contributed by atoms with E-state index in [1.165, 1.54) is 12.1 Å². The van der Waals surface area contributed by atoms with E-state index in [0.29, 0.717) is 11.3 Å². The molecule has 1 aliphatic rings. The van der Waals surface area contributed by atoms with Gasteiger partial charge in [-0.25, -0.2) is 0 Å². The number of aryl methyl sites for hydroxylation is 1. The number of halogens is 4. The molecule has 2 aromatic rings. The predicted molar refractivity (Wildman–Crippen MR) is 107 cm³/mol. The summed E-state index contributed by atoms with van der Waals surface area (Å²) in [6, 6.07) is 11.2. The van der Waals surface area contributed by atoms with Crippen LogP contribution in [-0.4, -0.2) is 32.2 Å². The average Bonchev–Trinajstić information content (AvgIpc) is 3.16. The first kappa shape index (κ1) is 21.5. The van der Waals surface area contributed by atoms with Crippen LogP contribution in [0.15, 0.2) is 42.5 Å². The molecule has 0 bridgehead atoms. The smallest absolute Gasteiger partial charge is 0.380 e. The Morgan fingerprint density at radius 2 is 1.97 bits per heavy atom. The highest BCUT2D eigenvalue weighted by atomic mass is 35.5. The molecule has 1 N–H and O–H groups in total. The molecule has 0 spiro atoms. The zero-order valence-corrected chi connectivity index (χ0v) is 16.7. The van der Waals surface area contributed by atoms with Crippen molar-refractivity contribution in [3.05, 3.63) is 58.6 Å². The minimum Gasteiger partial charge on any atom is -0.380 e. The summed E-state index contributed by atoms with van der Waals surface area (Å²) in [6.07, 6.45) is -3.04. The van der Waals surface area contributed by atoms with E-state index >= 15 is 0 Å². The van der Waals surface area contributed by atoms with E-state index in [1.807, 2.05) is 24.3 Å². The largest absolute Gasteiger partial charge is 0.417 e. The van der Waals surface area contributed by atoms with Gasteiger partial charge in [0.25, 0.3) is 0 Å². The van der Waals surface area contributed by atoms with Crippen molar-refractivity contribution in [2.24, 2.45) is 0 Å². The Bertz CT molecular complexity index is 856. The maximum atomic E-state index is 12.9. The van der Waals surface area contributed by atoms with Crippen molar-refractivity contribution in [3.63, 3.8) is 0 Å². The van der Waals surface area contributed by atoms with Crippen molar-refractivity contribution < 1.29 is 22.7 Å². The van der Waals surface area contributed by atoms with Gasteiger partial charge in [0.1, 0.15) is 0 Å². The molecule has 1 aliphatic heterocycles. The van der Waals surface area contributed by atoms with Crippen molar-refractivity contribution >= 4 is 28.9 Å². The zero-order chi connectivity index (χ0) is 21.0. The van der Waals surface area contributed by atoms with E-state index in [2.05, 4.69) is 10.2 Å². The molecule has 156 valence electrons. The summed E-state index contributed by atoms with van der Waals surface area (Å²) in [7, 11) is 1.71. The maximum Gasteiger partial charge on any atom is 0.417 e. The molecule has 4 nitrogen and oxygen atoms in total. The van der Waals surface area contributed by atoms with Gasteiger partial charge in [0.2, 0.25) is 5.91 Å². The van der Waals surface area contributed by atoms with Crippen LogP contribution in [-0.2, 0) is 22.1 Å². The summed E-state index contributed by atoms with van der Waals surface area (Å²) in [4.78, 5) is 14.4. The molecule has 1 saturated heterocycles. The molecule has 0 radical (unpaired) electrons. The highest BCUT2D eigenvalue weighted by Gasteiger charge is 2.33. The highest BCUT2D eigenvalue weighted by Crippen LogP contribution is 2.35. The van der Waals surface area contributed by atoms with Crippen LogP contribution in [0.3, 0.4) is 0 Å². The molecule has 29 heavy (non-hydrogen) atoms. The Hall–Kier alpha value is -2.25. The van der Waals surface area contributed by atoms with Gasteiger partial charge in [-0.15, -0.1) is 0 Å². The Balaban J connectivity index is 1.53. The number of rotatable bonds is 6. The second-order valence-corrected chi connectivity index (χ2v) is 7.41. The number of hydrogen-bond donors (Lipinski definition) is 1. The van der Waals surface area contributed by atoms with Gasteiger partial charge >= 0.3 is 6.18 Å². The summed E-state index contributed by atoms with van der Waals surface area (Å²) in [5.74, 6) is -0.262. The van der Waals surface area contributed by atoms with Gasteiger partial charge in [-0.1, -0.05) is 17.7 Å². The molecular formula is C21H22ClF3N2O2. The summed E-state index contributed by atoms with van der Waals surface area (Å²) >= 11 is 5.62. The minimum absolute atomic E-state index is 0.0718. The first-order valence-corrected chi connectivity index (χ1v) is 9.67. The summed E-state index contributed by atoms with van der Waals surface area (Å²) < 4.78 is 44.1. The van der Waals surface area contributed by atoms with Gasteiger partial charge < -0.3 is 15.0 Å². The molecule has 2 aromatic carbocycles. The third-order valence-electron chi connectivity index (χ3n) is 4.97. The predicted octanol–water partition coefficient (Wildman–Crippen LogP) is 5.16. The van der Waals surface area contributed by atoms with Crippen LogP contribution in [0.25, 0.3) is 0 Å². The Morgan fingerprint density at radius 1 is 1.24 bits per heavy atom. The quantitative estimate of drug-likeness (QED) is 0.694. The number of hydrogen-bond acceptors (Lipinski definition) is 3. The van der Waals surface area contributed by atoms with Crippen LogP contribution in [0.4, 0.5) is 24.5 Å². The third kappa shape index (κ3) is 5.64. The van der Waals surface area contributed by atoms with E-state index < -0.39 is 11.7 Å². The summed E-state index contributed by atoms with van der Waals surface area (Å²) in [5.41, 5.74) is 1.23. The number of amides is 1. The molecule has 0 aliphatic carbocycles. The Kier molecular flexibility index (Phi) is 6.70. The molecule has 1 fully saturated rings. The number of ether oxygens (including phenoxy) is 1. The van der Waals surface area contributed by atoms with Gasteiger partial charge in [0, 0.05) is 38.0 Å². The van der Waals surface area contributed by atoms with Crippen LogP contribution in [0, 0.1) is 0 Å². The zero-order valence-electron chi connectivity index (χ0n) is 15.9. The first-order chi connectivity index (χ1) is 13.8. The molecule has 1 amide bonds. The van der Waals surface area contributed by atoms with Crippen LogP contribution >= 0.6 is 11.6 Å². The number of carbonyl (C=O) groups is 1. The fraction of sp³-hybridized carbons (Fsp3) is 0.381. The number of benzene rings is 2. The second-order valence-electron chi connectivity index (χ2n) is 7.00. The number of nitrogens with one attached hydrogen (secondary N) is 1. The van der Waals surface area contributed by atoms with Gasteiger partial charge in [0.15, 0.2) is 0 Å². The number of methoxy groups -OCH3 is 1. The maximum absolute atomic E-state index is 12.9. The minimum atomic E-state index is -4.52. The van der Waals surface area contributed by atoms with Gasteiger partial charge in [-0.3, -0.25) is 4.79 Å². The lowest BCUT2D eigenvalue weighted by atomic mass is 10.1. The lowest BCUT2D eigenvalue weighted by molar-refractivity contribution is -0.137. The molecule has 8 heteroatoms. The van der Waals surface area contributed by atoms with Crippen LogP contribution in [0.2, 0.25) is 5.02 Å². The second kappa shape index (κ2) is 9.05. The van der Waals surface area contributed by atoms with E-state index in [-0.39, 0.29) is 29.9 Å². The van der Waals surface area contributed by atoms with E-state index in [4.69, 9.17) is 16.3 Å². The van der Waals surface area contributed by atoms with E-state index in [9.17, 15) is 18.0 Å². The normalized spacial score (nSPS) is 16.9. The topological polar surface area (TPSA) is 41.6 Å². The SMILES string of the molecule is COC1CCN(c2ccc(NC(=O)CCc3ccc(Cl)c(C(F)(F)F)c3)cc2)C1. The fourth-order valence-electron chi connectivity index (χ4n) is 3.34. The van der Waals surface area contributed by atoms with Crippen LogP contribution in [0.1, 0.15) is 24.0 Å². The standard InChI is InChI=1S/C21H22ClF3N2O2/c1-29-17-10-11-27(13-17)16-6-4-15(5-7-16)26-20(28)9-3-14-2-8-19(22)18(12-14)21(23,24)25/h2,4-8,12,17H,3,9-11,13H2,1H3,(H,26,28). The van der Waals surface area contributed by atoms with Gasteiger partial charge in [0.05, 0.1) is 16.7 Å². The molecule has 0 aromatic heterocycles. The molecule has 1 unspecified atom stereocenters.